The van der Waals surface area contributed by atoms with Crippen molar-refractivity contribution in [3.05, 3.63) is 23.7 Å². The molecule has 1 saturated heterocycles. The van der Waals surface area contributed by atoms with Crippen LogP contribution in [-0.4, -0.2) is 36.0 Å². The Hall–Kier alpha value is -1.29. The number of aryl methyl sites for hydroxylation is 1. The van der Waals surface area contributed by atoms with Crippen molar-refractivity contribution in [3.63, 3.8) is 0 Å². The molecule has 1 aliphatic carbocycles. The van der Waals surface area contributed by atoms with Gasteiger partial charge in [-0.1, -0.05) is 19.3 Å². The molecule has 19 heavy (non-hydrogen) atoms. The maximum absolute atomic E-state index is 12.8. The summed E-state index contributed by atoms with van der Waals surface area (Å²) in [6, 6.07) is 1.80. The molecule has 1 aliphatic heterocycles. The Bertz CT molecular complexity index is 452. The van der Waals surface area contributed by atoms with Crippen LogP contribution in [0.25, 0.3) is 0 Å². The minimum absolute atomic E-state index is 0.0390. The normalized spacial score (nSPS) is 22.7. The summed E-state index contributed by atoms with van der Waals surface area (Å²) in [4.78, 5) is 14.9. The summed E-state index contributed by atoms with van der Waals surface area (Å²) in [5.41, 5.74) is 0.768. The van der Waals surface area contributed by atoms with Crippen molar-refractivity contribution in [1.82, 2.24) is 10.2 Å². The Morgan fingerprint density at radius 1 is 1.37 bits per heavy atom. The predicted molar refractivity (Wildman–Crippen MR) is 73.2 cm³/mol. The number of furan rings is 1. The zero-order valence-corrected chi connectivity index (χ0v) is 11.6. The zero-order chi connectivity index (χ0) is 13.3. The summed E-state index contributed by atoms with van der Waals surface area (Å²) in [7, 11) is 0. The molecule has 0 radical (unpaired) electrons. The van der Waals surface area contributed by atoms with Crippen LogP contribution in [0.2, 0.25) is 0 Å². The van der Waals surface area contributed by atoms with Gasteiger partial charge in [0.15, 0.2) is 0 Å². The minimum atomic E-state index is 0.0390. The molecular weight excluding hydrogens is 240 g/mol. The molecule has 3 rings (SSSR count). The van der Waals surface area contributed by atoms with Crippen LogP contribution in [0.3, 0.4) is 0 Å². The molecule has 1 N–H and O–H groups in total. The van der Waals surface area contributed by atoms with Gasteiger partial charge in [0.05, 0.1) is 17.4 Å². The van der Waals surface area contributed by atoms with Gasteiger partial charge in [0.2, 0.25) is 0 Å². The second-order valence-corrected chi connectivity index (χ2v) is 5.81. The number of hydrogen-bond acceptors (Lipinski definition) is 3. The Morgan fingerprint density at radius 3 is 2.84 bits per heavy atom. The molecule has 1 aromatic heterocycles. The van der Waals surface area contributed by atoms with E-state index in [0.29, 0.717) is 0 Å². The SMILES string of the molecule is Cc1occc1C(=O)N1CCNCC12CCCCC2. The van der Waals surface area contributed by atoms with Gasteiger partial charge in [-0.3, -0.25) is 4.79 Å². The molecule has 0 aromatic carbocycles. The van der Waals surface area contributed by atoms with Crippen molar-refractivity contribution in [1.29, 1.82) is 0 Å². The van der Waals surface area contributed by atoms with Crippen molar-refractivity contribution in [2.75, 3.05) is 19.6 Å². The van der Waals surface area contributed by atoms with E-state index < -0.39 is 0 Å². The molecule has 2 heterocycles. The summed E-state index contributed by atoms with van der Waals surface area (Å²) < 4.78 is 5.29. The van der Waals surface area contributed by atoms with Gasteiger partial charge in [0, 0.05) is 19.6 Å². The smallest absolute Gasteiger partial charge is 0.257 e. The first-order valence-electron chi connectivity index (χ1n) is 7.30. The second-order valence-electron chi connectivity index (χ2n) is 5.81. The Morgan fingerprint density at radius 2 is 2.16 bits per heavy atom. The lowest BCUT2D eigenvalue weighted by atomic mass is 9.78. The lowest BCUT2D eigenvalue weighted by Crippen LogP contribution is -2.63. The van der Waals surface area contributed by atoms with Crippen LogP contribution >= 0.6 is 0 Å². The Labute approximate surface area is 114 Å². The number of piperazine rings is 1. The molecule has 4 heteroatoms. The van der Waals surface area contributed by atoms with Gasteiger partial charge in [-0.2, -0.15) is 0 Å². The number of carbonyl (C=O) groups is 1. The highest BCUT2D eigenvalue weighted by Gasteiger charge is 2.42. The molecule has 4 nitrogen and oxygen atoms in total. The van der Waals surface area contributed by atoms with Gasteiger partial charge in [-0.25, -0.2) is 0 Å². The average Bonchev–Trinajstić information content (AvgIpc) is 2.86. The summed E-state index contributed by atoms with van der Waals surface area (Å²) in [6.07, 6.45) is 7.63. The first kappa shape index (κ1) is 12.7. The first-order chi connectivity index (χ1) is 9.23. The van der Waals surface area contributed by atoms with Gasteiger partial charge in [0.25, 0.3) is 5.91 Å². The van der Waals surface area contributed by atoms with Crippen molar-refractivity contribution >= 4 is 5.91 Å². The highest BCUT2D eigenvalue weighted by Crippen LogP contribution is 2.35. The molecular formula is C15H22N2O2. The maximum atomic E-state index is 12.8. The van der Waals surface area contributed by atoms with Crippen LogP contribution in [0, 0.1) is 6.92 Å². The molecule has 0 unspecified atom stereocenters. The maximum Gasteiger partial charge on any atom is 0.257 e. The van der Waals surface area contributed by atoms with Crippen molar-refractivity contribution in [2.45, 2.75) is 44.6 Å². The number of nitrogens with zero attached hydrogens (tertiary/aromatic N) is 1. The number of carbonyl (C=O) groups excluding carboxylic acids is 1. The van der Waals surface area contributed by atoms with E-state index in [4.69, 9.17) is 4.42 Å². The minimum Gasteiger partial charge on any atom is -0.469 e. The fourth-order valence-corrected chi connectivity index (χ4v) is 3.57. The van der Waals surface area contributed by atoms with Gasteiger partial charge < -0.3 is 14.6 Å². The molecule has 104 valence electrons. The molecule has 0 atom stereocenters. The summed E-state index contributed by atoms with van der Waals surface area (Å²) in [5, 5.41) is 3.47. The van der Waals surface area contributed by atoms with Gasteiger partial charge in [0.1, 0.15) is 5.76 Å². The van der Waals surface area contributed by atoms with E-state index in [9.17, 15) is 4.79 Å². The van der Waals surface area contributed by atoms with Gasteiger partial charge in [-0.15, -0.1) is 0 Å². The molecule has 2 fully saturated rings. The number of hydrogen-bond donors (Lipinski definition) is 1. The Balaban J connectivity index is 1.88. The predicted octanol–water partition coefficient (Wildman–Crippen LogP) is 2.34. The van der Waals surface area contributed by atoms with Crippen LogP contribution in [0.15, 0.2) is 16.7 Å². The standard InChI is InChI=1S/C15H22N2O2/c1-12-13(5-10-19-12)14(18)17-9-8-16-11-15(17)6-3-2-4-7-15/h5,10,16H,2-4,6-9,11H2,1H3. The fraction of sp³-hybridized carbons (Fsp3) is 0.667. The van der Waals surface area contributed by atoms with Gasteiger partial charge >= 0.3 is 0 Å². The van der Waals surface area contributed by atoms with Crippen molar-refractivity contribution in [3.8, 4) is 0 Å². The number of nitrogens with one attached hydrogen (secondary N) is 1. The topological polar surface area (TPSA) is 45.5 Å². The monoisotopic (exact) mass is 262 g/mol. The Kier molecular flexibility index (Phi) is 3.35. The quantitative estimate of drug-likeness (QED) is 0.845. The van der Waals surface area contributed by atoms with Gasteiger partial charge in [-0.05, 0) is 25.8 Å². The lowest BCUT2D eigenvalue weighted by molar-refractivity contribution is 0.0221. The van der Waals surface area contributed by atoms with E-state index >= 15 is 0 Å². The largest absolute Gasteiger partial charge is 0.469 e. The first-order valence-corrected chi connectivity index (χ1v) is 7.30. The zero-order valence-electron chi connectivity index (χ0n) is 11.6. The highest BCUT2D eigenvalue weighted by atomic mass is 16.3. The molecule has 0 bridgehead atoms. The van der Waals surface area contributed by atoms with Crippen molar-refractivity contribution in [2.24, 2.45) is 0 Å². The van der Waals surface area contributed by atoms with E-state index in [2.05, 4.69) is 10.2 Å². The van der Waals surface area contributed by atoms with E-state index in [1.807, 2.05) is 6.92 Å². The lowest BCUT2D eigenvalue weighted by Gasteiger charge is -2.49. The molecule has 1 amide bonds. The summed E-state index contributed by atoms with van der Waals surface area (Å²) in [6.45, 7) is 4.51. The van der Waals surface area contributed by atoms with Crippen LogP contribution < -0.4 is 5.32 Å². The third-order valence-electron chi connectivity index (χ3n) is 4.66. The molecule has 1 spiro atoms. The van der Waals surface area contributed by atoms with Crippen LogP contribution in [0.1, 0.15) is 48.2 Å². The van der Waals surface area contributed by atoms with E-state index in [-0.39, 0.29) is 11.4 Å². The fourth-order valence-electron chi connectivity index (χ4n) is 3.57. The van der Waals surface area contributed by atoms with E-state index in [1.54, 1.807) is 12.3 Å². The van der Waals surface area contributed by atoms with E-state index in [1.165, 1.54) is 19.3 Å². The highest BCUT2D eigenvalue weighted by molar-refractivity contribution is 5.95. The van der Waals surface area contributed by atoms with Crippen molar-refractivity contribution < 1.29 is 9.21 Å². The number of amides is 1. The van der Waals surface area contributed by atoms with Crippen LogP contribution in [0.5, 0.6) is 0 Å². The molecule has 1 saturated carbocycles. The van der Waals surface area contributed by atoms with Crippen LogP contribution in [-0.2, 0) is 0 Å². The summed E-state index contributed by atoms with van der Waals surface area (Å²) in [5.74, 6) is 0.879. The number of rotatable bonds is 1. The molecule has 1 aromatic rings. The molecule has 2 aliphatic rings. The third kappa shape index (κ3) is 2.18. The average molecular weight is 262 g/mol. The second kappa shape index (κ2) is 5.00. The van der Waals surface area contributed by atoms with E-state index in [0.717, 1.165) is 43.8 Å². The van der Waals surface area contributed by atoms with Crippen LogP contribution in [0.4, 0.5) is 0 Å². The summed E-state index contributed by atoms with van der Waals surface area (Å²) >= 11 is 0. The third-order valence-corrected chi connectivity index (χ3v) is 4.66.